The summed E-state index contributed by atoms with van der Waals surface area (Å²) in [6.45, 7) is 2.86. The number of carbonyl (C=O) groups excluding carboxylic acids is 1. The van der Waals surface area contributed by atoms with Gasteiger partial charge in [0, 0.05) is 5.56 Å². The van der Waals surface area contributed by atoms with Crippen molar-refractivity contribution < 1.29 is 9.53 Å². The number of ether oxygens (including phenoxy) is 1. The Morgan fingerprint density at radius 2 is 1.70 bits per heavy atom. The molecule has 3 nitrogen and oxygen atoms in total. The van der Waals surface area contributed by atoms with E-state index in [1.54, 1.807) is 0 Å². The third kappa shape index (κ3) is 4.66. The second kappa shape index (κ2) is 9.51. The quantitative estimate of drug-likeness (QED) is 0.179. The van der Waals surface area contributed by atoms with Gasteiger partial charge in [0.1, 0.15) is 10.8 Å². The van der Waals surface area contributed by atoms with E-state index in [9.17, 15) is 4.79 Å². The fourth-order valence-electron chi connectivity index (χ4n) is 3.12. The van der Waals surface area contributed by atoms with E-state index in [1.165, 1.54) is 11.3 Å². The largest absolute Gasteiger partial charge is 0.494 e. The van der Waals surface area contributed by atoms with Crippen molar-refractivity contribution in [1.29, 1.82) is 0 Å². The van der Waals surface area contributed by atoms with Gasteiger partial charge in [-0.05, 0) is 42.3 Å². The van der Waals surface area contributed by atoms with E-state index in [-0.39, 0.29) is 5.78 Å². The topological polar surface area (TPSA) is 39.2 Å². The summed E-state index contributed by atoms with van der Waals surface area (Å²) >= 11 is 1.54. The van der Waals surface area contributed by atoms with Gasteiger partial charge in [-0.1, -0.05) is 67.9 Å². The minimum absolute atomic E-state index is 0.0297. The van der Waals surface area contributed by atoms with Gasteiger partial charge < -0.3 is 4.74 Å². The van der Waals surface area contributed by atoms with Crippen molar-refractivity contribution in [2.45, 2.75) is 19.8 Å². The highest BCUT2D eigenvalue weighted by atomic mass is 32.1. The Balaban J connectivity index is 1.70. The van der Waals surface area contributed by atoms with Gasteiger partial charge in [-0.2, -0.15) is 0 Å². The summed E-state index contributed by atoms with van der Waals surface area (Å²) in [4.78, 5) is 18.1. The Bertz CT molecular complexity index is 1130. The van der Waals surface area contributed by atoms with E-state index in [0.29, 0.717) is 11.1 Å². The van der Waals surface area contributed by atoms with Crippen molar-refractivity contribution in [2.24, 2.45) is 0 Å². The molecule has 0 aliphatic heterocycles. The summed E-state index contributed by atoms with van der Waals surface area (Å²) < 4.78 is 6.82. The number of Topliss-reactive ketones (excluding diaryl/α,β-unsaturated/α-hetero) is 1. The highest BCUT2D eigenvalue weighted by Gasteiger charge is 2.18. The van der Waals surface area contributed by atoms with Gasteiger partial charge in [0.05, 0.1) is 22.4 Å². The standard InChI is InChI=1S/C26H23NO2S/c1-2-3-17-29-21-15-13-19(14-16-21)18-22(25(28)20-9-5-4-6-10-20)26-27-23-11-7-8-12-24(23)30-26/h4-16,18H,2-3,17H2,1H3/b22-18-. The first-order chi connectivity index (χ1) is 14.7. The van der Waals surface area contributed by atoms with Gasteiger partial charge in [-0.25, -0.2) is 4.98 Å². The Morgan fingerprint density at radius 1 is 0.967 bits per heavy atom. The van der Waals surface area contributed by atoms with E-state index in [4.69, 9.17) is 9.72 Å². The lowest BCUT2D eigenvalue weighted by molar-refractivity contribution is 0.105. The molecule has 0 unspecified atom stereocenters. The number of rotatable bonds is 8. The van der Waals surface area contributed by atoms with E-state index < -0.39 is 0 Å². The SMILES string of the molecule is CCCCOc1ccc(/C=C(/C(=O)c2ccccc2)c2nc3ccccc3s2)cc1. The number of hydrogen-bond acceptors (Lipinski definition) is 4. The van der Waals surface area contributed by atoms with Gasteiger partial charge in [-0.15, -0.1) is 11.3 Å². The third-order valence-corrected chi connectivity index (χ3v) is 5.83. The molecule has 0 radical (unpaired) electrons. The second-order valence-electron chi connectivity index (χ2n) is 7.01. The van der Waals surface area contributed by atoms with Crippen molar-refractivity contribution in [2.75, 3.05) is 6.61 Å². The molecule has 0 atom stereocenters. The Hall–Kier alpha value is -3.24. The zero-order valence-electron chi connectivity index (χ0n) is 16.9. The van der Waals surface area contributed by atoms with Crippen LogP contribution >= 0.6 is 11.3 Å². The van der Waals surface area contributed by atoms with Crippen LogP contribution in [0, 0.1) is 0 Å². The summed E-state index contributed by atoms with van der Waals surface area (Å²) in [5.41, 5.74) is 3.10. The number of benzene rings is 3. The summed E-state index contributed by atoms with van der Waals surface area (Å²) in [5, 5.41) is 0.730. The van der Waals surface area contributed by atoms with Crippen molar-refractivity contribution in [3.05, 3.63) is 95.0 Å². The Labute approximate surface area is 180 Å². The lowest BCUT2D eigenvalue weighted by atomic mass is 10.0. The van der Waals surface area contributed by atoms with Crippen LogP contribution in [0.2, 0.25) is 0 Å². The summed E-state index contributed by atoms with van der Waals surface area (Å²) in [5.74, 6) is 0.814. The van der Waals surface area contributed by atoms with E-state index in [2.05, 4.69) is 6.92 Å². The van der Waals surface area contributed by atoms with Crippen molar-refractivity contribution in [1.82, 2.24) is 4.98 Å². The molecule has 1 aromatic heterocycles. The molecule has 0 saturated heterocycles. The number of unbranched alkanes of at least 4 members (excludes halogenated alkanes) is 1. The number of ketones is 1. The van der Waals surface area contributed by atoms with Crippen LogP contribution in [0.1, 0.15) is 40.7 Å². The number of nitrogens with zero attached hydrogens (tertiary/aromatic N) is 1. The number of aromatic nitrogens is 1. The highest BCUT2D eigenvalue weighted by Crippen LogP contribution is 2.31. The molecule has 0 aliphatic carbocycles. The molecule has 3 aromatic carbocycles. The molecule has 30 heavy (non-hydrogen) atoms. The molecule has 0 amide bonds. The number of thiazole rings is 1. The van der Waals surface area contributed by atoms with Gasteiger partial charge in [0.25, 0.3) is 0 Å². The number of hydrogen-bond donors (Lipinski definition) is 0. The van der Waals surface area contributed by atoms with Gasteiger partial charge in [0.15, 0.2) is 5.78 Å². The lowest BCUT2D eigenvalue weighted by Crippen LogP contribution is -2.02. The molecule has 1 heterocycles. The molecule has 0 saturated carbocycles. The maximum Gasteiger partial charge on any atom is 0.196 e. The number of fused-ring (bicyclic) bond motifs is 1. The normalized spacial score (nSPS) is 11.6. The van der Waals surface area contributed by atoms with Crippen LogP contribution in [0.25, 0.3) is 21.9 Å². The smallest absolute Gasteiger partial charge is 0.196 e. The van der Waals surface area contributed by atoms with Gasteiger partial charge in [0.2, 0.25) is 0 Å². The number of para-hydroxylation sites is 1. The molecule has 0 spiro atoms. The molecular weight excluding hydrogens is 390 g/mol. The number of allylic oxidation sites excluding steroid dienone is 1. The van der Waals surface area contributed by atoms with Crippen LogP contribution < -0.4 is 4.74 Å². The van der Waals surface area contributed by atoms with Gasteiger partial charge in [-0.3, -0.25) is 4.79 Å². The van der Waals surface area contributed by atoms with Gasteiger partial charge >= 0.3 is 0 Å². The molecule has 4 heteroatoms. The summed E-state index contributed by atoms with van der Waals surface area (Å²) in [6.07, 6.45) is 4.06. The lowest BCUT2D eigenvalue weighted by Gasteiger charge is -2.07. The minimum atomic E-state index is -0.0297. The average molecular weight is 414 g/mol. The predicted molar refractivity (Wildman–Crippen MR) is 125 cm³/mol. The van der Waals surface area contributed by atoms with Crippen molar-refractivity contribution >= 4 is 39.0 Å². The maximum absolute atomic E-state index is 13.3. The molecular formula is C26H23NO2S. The highest BCUT2D eigenvalue weighted by molar-refractivity contribution is 7.20. The second-order valence-corrected chi connectivity index (χ2v) is 8.04. The predicted octanol–water partition coefficient (Wildman–Crippen LogP) is 6.90. The zero-order chi connectivity index (χ0) is 20.8. The molecule has 0 bridgehead atoms. The first-order valence-corrected chi connectivity index (χ1v) is 11.0. The fourth-order valence-corrected chi connectivity index (χ4v) is 4.10. The molecule has 0 aliphatic rings. The first-order valence-electron chi connectivity index (χ1n) is 10.1. The van der Waals surface area contributed by atoms with E-state index in [1.807, 2.05) is 84.9 Å². The fraction of sp³-hybridized carbons (Fsp3) is 0.154. The summed E-state index contributed by atoms with van der Waals surface area (Å²) in [6, 6.07) is 25.2. The van der Waals surface area contributed by atoms with Crippen molar-refractivity contribution in [3.63, 3.8) is 0 Å². The summed E-state index contributed by atoms with van der Waals surface area (Å²) in [7, 11) is 0. The maximum atomic E-state index is 13.3. The molecule has 0 N–H and O–H groups in total. The third-order valence-electron chi connectivity index (χ3n) is 4.76. The molecule has 150 valence electrons. The van der Waals surface area contributed by atoms with E-state index >= 15 is 0 Å². The van der Waals surface area contributed by atoms with Crippen LogP contribution in [0.15, 0.2) is 78.9 Å². The Morgan fingerprint density at radius 3 is 2.43 bits per heavy atom. The Kier molecular flexibility index (Phi) is 6.35. The van der Waals surface area contributed by atoms with Crippen LogP contribution in [-0.2, 0) is 0 Å². The first kappa shape index (κ1) is 20.0. The van der Waals surface area contributed by atoms with Crippen molar-refractivity contribution in [3.8, 4) is 5.75 Å². The molecule has 0 fully saturated rings. The molecule has 4 rings (SSSR count). The van der Waals surface area contributed by atoms with Crippen LogP contribution in [0.5, 0.6) is 5.75 Å². The zero-order valence-corrected chi connectivity index (χ0v) is 17.7. The average Bonchev–Trinajstić information content (AvgIpc) is 3.23. The number of carbonyl (C=O) groups is 1. The van der Waals surface area contributed by atoms with Crippen LogP contribution in [0.3, 0.4) is 0 Å². The van der Waals surface area contributed by atoms with Crippen LogP contribution in [0.4, 0.5) is 0 Å². The van der Waals surface area contributed by atoms with Crippen LogP contribution in [-0.4, -0.2) is 17.4 Å². The molecule has 4 aromatic rings. The minimum Gasteiger partial charge on any atom is -0.494 e. The van der Waals surface area contributed by atoms with E-state index in [0.717, 1.165) is 46.0 Å². The monoisotopic (exact) mass is 413 g/mol.